The highest BCUT2D eigenvalue weighted by molar-refractivity contribution is 6.21. The topological polar surface area (TPSA) is 128 Å². The predicted molar refractivity (Wildman–Crippen MR) is 103 cm³/mol. The quantitative estimate of drug-likeness (QED) is 0.196. The van der Waals surface area contributed by atoms with Crippen molar-refractivity contribution in [3.63, 3.8) is 0 Å². The van der Waals surface area contributed by atoms with Crippen LogP contribution < -0.4 is 11.5 Å². The number of nitrogens with two attached hydrogens (primary N) is 2. The third-order valence-electron chi connectivity index (χ3n) is 4.54. The summed E-state index contributed by atoms with van der Waals surface area (Å²) in [7, 11) is 0. The van der Waals surface area contributed by atoms with Gasteiger partial charge in [-0.25, -0.2) is 4.79 Å². The summed E-state index contributed by atoms with van der Waals surface area (Å²) in [6.45, 7) is 1.91. The van der Waals surface area contributed by atoms with Gasteiger partial charge >= 0.3 is 5.97 Å². The van der Waals surface area contributed by atoms with Crippen LogP contribution in [0.1, 0.15) is 44.7 Å². The molecule has 0 fully saturated rings. The molecule has 4 N–H and O–H groups in total. The molecule has 1 aliphatic heterocycles. The largest absolute Gasteiger partial charge is 0.398 e. The van der Waals surface area contributed by atoms with E-state index >= 15 is 0 Å². The van der Waals surface area contributed by atoms with Crippen molar-refractivity contribution in [1.82, 2.24) is 4.90 Å². The van der Waals surface area contributed by atoms with Gasteiger partial charge in [-0.15, -0.1) is 0 Å². The van der Waals surface area contributed by atoms with E-state index < -0.39 is 5.97 Å². The van der Waals surface area contributed by atoms with E-state index in [4.69, 9.17) is 16.3 Å². The lowest BCUT2D eigenvalue weighted by molar-refractivity contribution is -0.143. The third-order valence-corrected chi connectivity index (χ3v) is 4.54. The lowest BCUT2D eigenvalue weighted by Gasteiger charge is -2.12. The number of nitrogens with zero attached hydrogens (tertiary/aromatic N) is 2. The minimum absolute atomic E-state index is 0.0138. The molecule has 8 heteroatoms. The minimum Gasteiger partial charge on any atom is -0.398 e. The highest BCUT2D eigenvalue weighted by Crippen LogP contribution is 2.22. The number of hydrogen-bond donors (Lipinski definition) is 2. The van der Waals surface area contributed by atoms with Crippen molar-refractivity contribution >= 4 is 29.3 Å². The van der Waals surface area contributed by atoms with Gasteiger partial charge in [0.1, 0.15) is 0 Å². The van der Waals surface area contributed by atoms with Crippen molar-refractivity contribution in [3.05, 3.63) is 64.7 Å². The summed E-state index contributed by atoms with van der Waals surface area (Å²) in [6, 6.07) is 11.8. The fourth-order valence-corrected chi connectivity index (χ4v) is 2.95. The number of amidine groups is 1. The van der Waals surface area contributed by atoms with Crippen LogP contribution >= 0.6 is 0 Å². The van der Waals surface area contributed by atoms with Gasteiger partial charge < -0.3 is 16.3 Å². The van der Waals surface area contributed by atoms with Gasteiger partial charge in [0.2, 0.25) is 0 Å². The fraction of sp³-hybridized carbons (Fsp3) is 0.200. The fourth-order valence-electron chi connectivity index (χ4n) is 2.95. The SMILES string of the molecule is Cc1c(N)cccc1/C(N)=N/OC(=O)CCCN1C(=O)c2ccccc2C1=O. The predicted octanol–water partition coefficient (Wildman–Crippen LogP) is 1.82. The Morgan fingerprint density at radius 1 is 1.07 bits per heavy atom. The number of anilines is 1. The maximum absolute atomic E-state index is 12.3. The van der Waals surface area contributed by atoms with Crippen molar-refractivity contribution in [2.24, 2.45) is 10.9 Å². The number of fused-ring (bicyclic) bond motifs is 1. The second-order valence-electron chi connectivity index (χ2n) is 6.37. The Bertz CT molecular complexity index is 949. The Morgan fingerprint density at radius 2 is 1.71 bits per heavy atom. The van der Waals surface area contributed by atoms with Crippen LogP contribution in [0, 0.1) is 6.92 Å². The van der Waals surface area contributed by atoms with Crippen LogP contribution in [0.3, 0.4) is 0 Å². The highest BCUT2D eigenvalue weighted by Gasteiger charge is 2.34. The van der Waals surface area contributed by atoms with Crippen LogP contribution in [-0.2, 0) is 9.63 Å². The number of oxime groups is 1. The first-order chi connectivity index (χ1) is 13.4. The molecule has 0 atom stereocenters. The molecule has 0 saturated heterocycles. The molecule has 3 rings (SSSR count). The number of amides is 2. The Kier molecular flexibility index (Phi) is 5.39. The molecule has 1 heterocycles. The normalized spacial score (nSPS) is 13.6. The zero-order chi connectivity index (χ0) is 20.3. The number of hydrogen-bond acceptors (Lipinski definition) is 6. The summed E-state index contributed by atoms with van der Waals surface area (Å²) in [5, 5.41) is 3.65. The van der Waals surface area contributed by atoms with E-state index in [0.29, 0.717) is 22.4 Å². The van der Waals surface area contributed by atoms with Gasteiger partial charge in [-0.05, 0) is 37.1 Å². The monoisotopic (exact) mass is 380 g/mol. The Balaban J connectivity index is 1.52. The number of carbonyl (C=O) groups excluding carboxylic acids is 3. The maximum atomic E-state index is 12.3. The van der Waals surface area contributed by atoms with Gasteiger partial charge in [0.25, 0.3) is 11.8 Å². The molecule has 8 nitrogen and oxygen atoms in total. The standard InChI is InChI=1S/C20H20N4O4/c1-12-13(8-4-9-16(12)21)18(22)23-28-17(25)10-5-11-24-19(26)14-6-2-3-7-15(14)20(24)27/h2-4,6-9H,5,10-11,21H2,1H3,(H2,22,23). The van der Waals surface area contributed by atoms with Crippen LogP contribution in [0.2, 0.25) is 0 Å². The first-order valence-electron chi connectivity index (χ1n) is 8.74. The van der Waals surface area contributed by atoms with E-state index in [2.05, 4.69) is 5.16 Å². The van der Waals surface area contributed by atoms with E-state index in [9.17, 15) is 14.4 Å². The van der Waals surface area contributed by atoms with Crippen molar-refractivity contribution in [2.75, 3.05) is 12.3 Å². The molecular weight excluding hydrogens is 360 g/mol. The molecule has 0 aromatic heterocycles. The van der Waals surface area contributed by atoms with Crippen LogP contribution in [-0.4, -0.2) is 35.1 Å². The molecule has 0 radical (unpaired) electrons. The number of imide groups is 1. The van der Waals surface area contributed by atoms with Gasteiger partial charge in [-0.3, -0.25) is 14.5 Å². The number of carbonyl (C=O) groups is 3. The Hall–Kier alpha value is -3.68. The second kappa shape index (κ2) is 7.91. The molecule has 0 spiro atoms. The van der Waals surface area contributed by atoms with Crippen LogP contribution in [0.25, 0.3) is 0 Å². The van der Waals surface area contributed by atoms with E-state index in [1.54, 1.807) is 49.4 Å². The molecule has 144 valence electrons. The zero-order valence-electron chi connectivity index (χ0n) is 15.3. The highest BCUT2D eigenvalue weighted by atomic mass is 16.7. The van der Waals surface area contributed by atoms with Gasteiger partial charge in [0.15, 0.2) is 5.84 Å². The smallest absolute Gasteiger partial charge is 0.335 e. The number of nitrogen functional groups attached to an aromatic ring is 1. The third kappa shape index (κ3) is 3.71. The van der Waals surface area contributed by atoms with Crippen molar-refractivity contribution < 1.29 is 19.2 Å². The molecule has 28 heavy (non-hydrogen) atoms. The lowest BCUT2D eigenvalue weighted by Crippen LogP contribution is -2.31. The molecule has 0 aliphatic carbocycles. The molecule has 0 unspecified atom stereocenters. The second-order valence-corrected chi connectivity index (χ2v) is 6.37. The Morgan fingerprint density at radius 3 is 2.36 bits per heavy atom. The van der Waals surface area contributed by atoms with Gasteiger partial charge in [0.05, 0.1) is 11.1 Å². The van der Waals surface area contributed by atoms with E-state index in [1.807, 2.05) is 0 Å². The molecule has 2 amide bonds. The van der Waals surface area contributed by atoms with E-state index in [-0.39, 0.29) is 37.0 Å². The van der Waals surface area contributed by atoms with E-state index in [1.165, 1.54) is 0 Å². The van der Waals surface area contributed by atoms with Gasteiger partial charge in [-0.1, -0.05) is 29.4 Å². The van der Waals surface area contributed by atoms with Crippen LogP contribution in [0.4, 0.5) is 5.69 Å². The first kappa shape index (κ1) is 19.1. The summed E-state index contributed by atoms with van der Waals surface area (Å²) in [5.74, 6) is -1.28. The van der Waals surface area contributed by atoms with Crippen molar-refractivity contribution in [1.29, 1.82) is 0 Å². The van der Waals surface area contributed by atoms with Crippen LogP contribution in [0.15, 0.2) is 47.6 Å². The molecule has 0 saturated carbocycles. The maximum Gasteiger partial charge on any atom is 0.335 e. The first-order valence-corrected chi connectivity index (χ1v) is 8.74. The van der Waals surface area contributed by atoms with E-state index in [0.717, 1.165) is 10.5 Å². The van der Waals surface area contributed by atoms with Crippen molar-refractivity contribution in [3.8, 4) is 0 Å². The molecule has 1 aliphatic rings. The summed E-state index contributed by atoms with van der Waals surface area (Å²) in [6.07, 6.45) is 0.247. The summed E-state index contributed by atoms with van der Waals surface area (Å²) >= 11 is 0. The van der Waals surface area contributed by atoms with Gasteiger partial charge in [-0.2, -0.15) is 0 Å². The minimum atomic E-state index is -0.610. The lowest BCUT2D eigenvalue weighted by atomic mass is 10.1. The summed E-state index contributed by atoms with van der Waals surface area (Å²) < 4.78 is 0. The molecule has 2 aromatic carbocycles. The molecular formula is C20H20N4O4. The average Bonchev–Trinajstić information content (AvgIpc) is 2.93. The number of rotatable bonds is 6. The van der Waals surface area contributed by atoms with Crippen LogP contribution in [0.5, 0.6) is 0 Å². The molecule has 2 aromatic rings. The summed E-state index contributed by atoms with van der Waals surface area (Å²) in [4.78, 5) is 42.4. The number of benzene rings is 2. The summed E-state index contributed by atoms with van der Waals surface area (Å²) in [5.41, 5.74) is 14.3. The van der Waals surface area contributed by atoms with Gasteiger partial charge in [0, 0.05) is 24.2 Å². The Labute approximate surface area is 161 Å². The molecule has 0 bridgehead atoms. The zero-order valence-corrected chi connectivity index (χ0v) is 15.3. The van der Waals surface area contributed by atoms with Crippen molar-refractivity contribution in [2.45, 2.75) is 19.8 Å². The average molecular weight is 380 g/mol.